The average molecular weight is 584 g/mol. The van der Waals surface area contributed by atoms with Crippen LogP contribution in [0.25, 0.3) is 44.2 Å². The fraction of sp³-hybridized carbons (Fsp3) is 0.163. The second-order valence-corrected chi connectivity index (χ2v) is 13.9. The van der Waals surface area contributed by atoms with E-state index >= 15 is 0 Å². The molecule has 0 amide bonds. The molecule has 0 atom stereocenters. The van der Waals surface area contributed by atoms with Gasteiger partial charge in [0.25, 0.3) is 0 Å². The topological polar surface area (TPSA) is 16.4 Å². The highest BCUT2D eigenvalue weighted by Crippen LogP contribution is 2.52. The van der Waals surface area contributed by atoms with Gasteiger partial charge in [0, 0.05) is 22.2 Å². The van der Waals surface area contributed by atoms with Gasteiger partial charge in [-0.25, -0.2) is 0 Å². The van der Waals surface area contributed by atoms with Gasteiger partial charge in [-0.15, -0.1) is 0 Å². The van der Waals surface area contributed by atoms with Gasteiger partial charge in [0.05, 0.1) is 11.1 Å². The smallest absolute Gasteiger partial charge is 0.137 e. The maximum atomic E-state index is 6.65. The number of hydrogen-bond donors (Lipinski definition) is 0. The zero-order chi connectivity index (χ0) is 30.9. The third-order valence-corrected chi connectivity index (χ3v) is 9.64. The fourth-order valence-electron chi connectivity index (χ4n) is 7.16. The Morgan fingerprint density at radius 2 is 1.20 bits per heavy atom. The molecule has 1 aliphatic carbocycles. The standard InChI is InChI=1S/C43H37NO/c1-42(2,3)30-20-24-32(25-21-30)44(31-22-18-29(19-23-31)28-12-7-6-8-13-28)38-16-11-17-39-41(38)35-26-34-33-14-9-10-15-36(33)43(4,5)37(34)27-40(35)45-39/h6-27H,1-5H3. The maximum Gasteiger partial charge on any atom is 0.137 e. The predicted octanol–water partition coefficient (Wildman–Crippen LogP) is 12.3. The Morgan fingerprint density at radius 3 is 1.91 bits per heavy atom. The largest absolute Gasteiger partial charge is 0.456 e. The van der Waals surface area contributed by atoms with Gasteiger partial charge in [-0.2, -0.15) is 0 Å². The Hall–Kier alpha value is -5.08. The number of anilines is 3. The third kappa shape index (κ3) is 4.39. The van der Waals surface area contributed by atoms with E-state index in [1.807, 2.05) is 0 Å². The van der Waals surface area contributed by atoms with Crippen molar-refractivity contribution in [3.05, 3.63) is 150 Å². The molecule has 1 aromatic heterocycles. The number of benzene rings is 6. The first-order chi connectivity index (χ1) is 21.7. The van der Waals surface area contributed by atoms with Crippen LogP contribution < -0.4 is 4.90 Å². The van der Waals surface area contributed by atoms with Gasteiger partial charge >= 0.3 is 0 Å². The van der Waals surface area contributed by atoms with E-state index in [1.165, 1.54) is 38.9 Å². The van der Waals surface area contributed by atoms with Crippen molar-refractivity contribution in [2.75, 3.05) is 4.90 Å². The molecule has 220 valence electrons. The molecule has 45 heavy (non-hydrogen) atoms. The summed E-state index contributed by atoms with van der Waals surface area (Å²) in [5.74, 6) is 0. The normalized spacial score (nSPS) is 13.6. The summed E-state index contributed by atoms with van der Waals surface area (Å²) in [6.45, 7) is 11.4. The van der Waals surface area contributed by atoms with Gasteiger partial charge in [-0.3, -0.25) is 0 Å². The first-order valence-electron chi connectivity index (χ1n) is 15.9. The Labute approximate surface area is 265 Å². The molecule has 0 radical (unpaired) electrons. The lowest BCUT2D eigenvalue weighted by Crippen LogP contribution is -2.14. The lowest BCUT2D eigenvalue weighted by atomic mass is 9.82. The van der Waals surface area contributed by atoms with E-state index in [9.17, 15) is 0 Å². The highest BCUT2D eigenvalue weighted by molar-refractivity contribution is 6.15. The van der Waals surface area contributed by atoms with E-state index in [1.54, 1.807) is 0 Å². The van der Waals surface area contributed by atoms with Gasteiger partial charge in [0.1, 0.15) is 11.2 Å². The molecule has 0 saturated carbocycles. The zero-order valence-electron chi connectivity index (χ0n) is 26.6. The first kappa shape index (κ1) is 27.5. The van der Waals surface area contributed by atoms with Gasteiger partial charge in [0.2, 0.25) is 0 Å². The summed E-state index contributed by atoms with van der Waals surface area (Å²) in [6.07, 6.45) is 0. The second kappa shape index (κ2) is 9.97. The Balaban J connectivity index is 1.35. The molecular weight excluding hydrogens is 546 g/mol. The molecule has 1 aliphatic rings. The number of rotatable bonds is 4. The maximum absolute atomic E-state index is 6.65. The van der Waals surface area contributed by atoms with Crippen molar-refractivity contribution in [2.45, 2.75) is 45.4 Å². The summed E-state index contributed by atoms with van der Waals surface area (Å²) < 4.78 is 6.65. The van der Waals surface area contributed by atoms with E-state index in [0.717, 1.165) is 39.0 Å². The molecule has 0 saturated heterocycles. The molecule has 0 N–H and O–H groups in total. The van der Waals surface area contributed by atoms with Gasteiger partial charge in [-0.1, -0.05) is 120 Å². The Bertz CT molecular complexity index is 2190. The van der Waals surface area contributed by atoms with Gasteiger partial charge in [0.15, 0.2) is 0 Å². The molecule has 0 bridgehead atoms. The van der Waals surface area contributed by atoms with Crippen LogP contribution >= 0.6 is 0 Å². The van der Waals surface area contributed by atoms with E-state index < -0.39 is 0 Å². The molecule has 0 fully saturated rings. The third-order valence-electron chi connectivity index (χ3n) is 9.64. The van der Waals surface area contributed by atoms with Crippen molar-refractivity contribution < 1.29 is 4.42 Å². The summed E-state index contributed by atoms with van der Waals surface area (Å²) in [4.78, 5) is 2.38. The van der Waals surface area contributed by atoms with E-state index in [4.69, 9.17) is 4.42 Å². The SMILES string of the molecule is CC(C)(C)c1ccc(N(c2ccc(-c3ccccc3)cc2)c2cccc3oc4cc5c(cc4c23)-c2ccccc2C5(C)C)cc1. The van der Waals surface area contributed by atoms with Crippen LogP contribution in [0.1, 0.15) is 51.3 Å². The summed E-state index contributed by atoms with van der Waals surface area (Å²) >= 11 is 0. The van der Waals surface area contributed by atoms with Crippen molar-refractivity contribution in [3.63, 3.8) is 0 Å². The van der Waals surface area contributed by atoms with Crippen molar-refractivity contribution >= 4 is 39.0 Å². The number of hydrogen-bond acceptors (Lipinski definition) is 2. The van der Waals surface area contributed by atoms with E-state index in [-0.39, 0.29) is 10.8 Å². The van der Waals surface area contributed by atoms with Crippen LogP contribution in [0.5, 0.6) is 0 Å². The van der Waals surface area contributed by atoms with E-state index in [0.29, 0.717) is 0 Å². The molecule has 8 rings (SSSR count). The molecule has 7 aromatic rings. The van der Waals surface area contributed by atoms with Crippen LogP contribution in [0, 0.1) is 0 Å². The molecule has 2 nitrogen and oxygen atoms in total. The predicted molar refractivity (Wildman–Crippen MR) is 190 cm³/mol. The van der Waals surface area contributed by atoms with Gasteiger partial charge < -0.3 is 9.32 Å². The highest BCUT2D eigenvalue weighted by Gasteiger charge is 2.36. The number of furan rings is 1. The van der Waals surface area contributed by atoms with Gasteiger partial charge in [-0.05, 0) is 92.9 Å². The van der Waals surface area contributed by atoms with Crippen molar-refractivity contribution in [1.82, 2.24) is 0 Å². The lowest BCUT2D eigenvalue weighted by Gasteiger charge is -2.27. The monoisotopic (exact) mass is 583 g/mol. The zero-order valence-corrected chi connectivity index (χ0v) is 26.6. The van der Waals surface area contributed by atoms with Crippen molar-refractivity contribution in [2.24, 2.45) is 0 Å². The van der Waals surface area contributed by atoms with E-state index in [2.05, 4.69) is 173 Å². The number of fused-ring (bicyclic) bond motifs is 6. The molecule has 0 unspecified atom stereocenters. The van der Waals surface area contributed by atoms with Crippen LogP contribution in [-0.4, -0.2) is 0 Å². The minimum absolute atomic E-state index is 0.0753. The van der Waals surface area contributed by atoms with Crippen LogP contribution in [0.15, 0.2) is 138 Å². The summed E-state index contributed by atoms with van der Waals surface area (Å²) in [7, 11) is 0. The minimum Gasteiger partial charge on any atom is -0.456 e. The average Bonchev–Trinajstić information content (AvgIpc) is 3.53. The Morgan fingerprint density at radius 1 is 0.556 bits per heavy atom. The molecule has 0 aliphatic heterocycles. The molecular formula is C43H37NO. The Kier molecular flexibility index (Phi) is 6.09. The summed E-state index contributed by atoms with van der Waals surface area (Å²) in [5.41, 5.74) is 14.2. The molecule has 2 heteroatoms. The number of nitrogens with zero attached hydrogens (tertiary/aromatic N) is 1. The minimum atomic E-state index is -0.0801. The fourth-order valence-corrected chi connectivity index (χ4v) is 7.16. The lowest BCUT2D eigenvalue weighted by molar-refractivity contribution is 0.590. The first-order valence-corrected chi connectivity index (χ1v) is 15.9. The van der Waals surface area contributed by atoms with Crippen LogP contribution in [0.3, 0.4) is 0 Å². The molecule has 0 spiro atoms. The highest BCUT2D eigenvalue weighted by atomic mass is 16.3. The van der Waals surface area contributed by atoms with Crippen molar-refractivity contribution in [1.29, 1.82) is 0 Å². The van der Waals surface area contributed by atoms with Crippen molar-refractivity contribution in [3.8, 4) is 22.3 Å². The van der Waals surface area contributed by atoms with Crippen LogP contribution in [-0.2, 0) is 10.8 Å². The second-order valence-electron chi connectivity index (χ2n) is 13.9. The molecule has 1 heterocycles. The summed E-state index contributed by atoms with van der Waals surface area (Å²) in [6, 6.07) is 48.4. The van der Waals surface area contributed by atoms with Crippen LogP contribution in [0.2, 0.25) is 0 Å². The summed E-state index contributed by atoms with van der Waals surface area (Å²) in [5, 5.41) is 2.27. The van der Waals surface area contributed by atoms with Crippen LogP contribution in [0.4, 0.5) is 17.1 Å². The molecule has 6 aromatic carbocycles. The quantitative estimate of drug-likeness (QED) is 0.205.